The number of amides is 1. The Balaban J connectivity index is 2.01. The molecule has 0 fully saturated rings. The summed E-state index contributed by atoms with van der Waals surface area (Å²) in [6.45, 7) is 2.09. The van der Waals surface area contributed by atoms with Crippen molar-refractivity contribution in [2.75, 3.05) is 6.54 Å². The monoisotopic (exact) mass is 334 g/mol. The molecule has 2 N–H and O–H groups in total. The Morgan fingerprint density at radius 1 is 1.35 bits per heavy atom. The van der Waals surface area contributed by atoms with Gasteiger partial charge in [-0.2, -0.15) is 0 Å². The van der Waals surface area contributed by atoms with Gasteiger partial charge in [0, 0.05) is 12.7 Å². The third kappa shape index (κ3) is 3.43. The number of aliphatic hydroxyl groups is 1. The number of pyridine rings is 1. The highest BCUT2D eigenvalue weighted by Gasteiger charge is 2.14. The number of carbonyl (C=O) groups is 1. The van der Waals surface area contributed by atoms with Crippen molar-refractivity contribution in [3.05, 3.63) is 63.9 Å². The highest BCUT2D eigenvalue weighted by Crippen LogP contribution is 2.17. The number of aromatic nitrogens is 1. The van der Waals surface area contributed by atoms with Crippen LogP contribution < -0.4 is 5.32 Å². The molecular weight excluding hydrogens is 320 g/mol. The molecule has 2 rings (SSSR count). The second-order valence-electron chi connectivity index (χ2n) is 4.42. The predicted molar refractivity (Wildman–Crippen MR) is 80.4 cm³/mol. The van der Waals surface area contributed by atoms with E-state index in [9.17, 15) is 9.90 Å². The fourth-order valence-electron chi connectivity index (χ4n) is 1.91. The van der Waals surface area contributed by atoms with E-state index < -0.39 is 6.10 Å². The van der Waals surface area contributed by atoms with Crippen LogP contribution in [0.2, 0.25) is 0 Å². The van der Waals surface area contributed by atoms with E-state index in [1.807, 2.05) is 31.2 Å². The van der Waals surface area contributed by atoms with E-state index in [-0.39, 0.29) is 12.5 Å². The Kier molecular flexibility index (Phi) is 4.87. The van der Waals surface area contributed by atoms with Crippen LogP contribution in [0, 0.1) is 6.92 Å². The minimum Gasteiger partial charge on any atom is -0.387 e. The maximum absolute atomic E-state index is 12.0. The molecule has 1 heterocycles. The second-order valence-corrected chi connectivity index (χ2v) is 5.18. The van der Waals surface area contributed by atoms with E-state index in [1.54, 1.807) is 18.3 Å². The van der Waals surface area contributed by atoms with Crippen LogP contribution in [0.25, 0.3) is 0 Å². The van der Waals surface area contributed by atoms with Crippen LogP contribution in [0.5, 0.6) is 0 Å². The molecule has 0 saturated carbocycles. The van der Waals surface area contributed by atoms with Crippen LogP contribution >= 0.6 is 15.9 Å². The lowest BCUT2D eigenvalue weighted by molar-refractivity contribution is 0.0914. The zero-order valence-corrected chi connectivity index (χ0v) is 12.6. The number of hydrogen-bond acceptors (Lipinski definition) is 3. The molecule has 0 spiro atoms. The molecular formula is C15H15BrN2O2. The number of hydrogen-bond donors (Lipinski definition) is 2. The summed E-state index contributed by atoms with van der Waals surface area (Å²) in [5.41, 5.74) is 2.26. The van der Waals surface area contributed by atoms with E-state index in [0.717, 1.165) is 11.1 Å². The topological polar surface area (TPSA) is 62.2 Å². The average Bonchev–Trinajstić information content (AvgIpc) is 2.45. The number of aryl methyl sites for hydroxylation is 1. The first-order valence-corrected chi connectivity index (χ1v) is 7.01. The molecule has 20 heavy (non-hydrogen) atoms. The lowest BCUT2D eigenvalue weighted by Gasteiger charge is -2.14. The lowest BCUT2D eigenvalue weighted by atomic mass is 10.0. The van der Waals surface area contributed by atoms with Crippen LogP contribution in [0.4, 0.5) is 0 Å². The van der Waals surface area contributed by atoms with Gasteiger partial charge in [0.15, 0.2) is 0 Å². The molecule has 0 aliphatic rings. The molecule has 4 nitrogen and oxygen atoms in total. The zero-order chi connectivity index (χ0) is 14.5. The number of nitrogens with one attached hydrogen (secondary N) is 1. The van der Waals surface area contributed by atoms with E-state index in [0.29, 0.717) is 10.2 Å². The van der Waals surface area contributed by atoms with Gasteiger partial charge in [-0.25, -0.2) is 4.98 Å². The number of nitrogens with zero attached hydrogens (tertiary/aromatic N) is 1. The molecule has 0 radical (unpaired) electrons. The smallest absolute Gasteiger partial charge is 0.254 e. The number of halogens is 1. The molecule has 1 unspecified atom stereocenters. The molecule has 1 amide bonds. The Labute approximate surface area is 126 Å². The van der Waals surface area contributed by atoms with E-state index in [1.165, 1.54) is 0 Å². The van der Waals surface area contributed by atoms with Gasteiger partial charge in [-0.3, -0.25) is 4.79 Å². The van der Waals surface area contributed by atoms with Crippen molar-refractivity contribution in [3.8, 4) is 0 Å². The Morgan fingerprint density at radius 3 is 2.80 bits per heavy atom. The van der Waals surface area contributed by atoms with Gasteiger partial charge in [-0.1, -0.05) is 24.3 Å². The van der Waals surface area contributed by atoms with Crippen molar-refractivity contribution in [3.63, 3.8) is 0 Å². The van der Waals surface area contributed by atoms with E-state index in [2.05, 4.69) is 26.2 Å². The Bertz CT molecular complexity index is 616. The Hall–Kier alpha value is -1.72. The van der Waals surface area contributed by atoms with E-state index in [4.69, 9.17) is 0 Å². The van der Waals surface area contributed by atoms with Gasteiger partial charge >= 0.3 is 0 Å². The van der Waals surface area contributed by atoms with Crippen LogP contribution in [-0.4, -0.2) is 22.5 Å². The zero-order valence-electron chi connectivity index (χ0n) is 11.0. The van der Waals surface area contributed by atoms with Crippen molar-refractivity contribution >= 4 is 21.8 Å². The normalized spacial score (nSPS) is 11.9. The summed E-state index contributed by atoms with van der Waals surface area (Å²) in [5.74, 6) is -0.266. The molecule has 0 aliphatic heterocycles. The number of benzene rings is 1. The maximum Gasteiger partial charge on any atom is 0.254 e. The molecule has 1 atom stereocenters. The molecule has 0 aliphatic carbocycles. The van der Waals surface area contributed by atoms with Gasteiger partial charge in [0.1, 0.15) is 4.60 Å². The fraction of sp³-hybridized carbons (Fsp3) is 0.200. The summed E-state index contributed by atoms with van der Waals surface area (Å²) in [4.78, 5) is 16.0. The summed E-state index contributed by atoms with van der Waals surface area (Å²) < 4.78 is 0.489. The van der Waals surface area contributed by atoms with Gasteiger partial charge in [0.2, 0.25) is 0 Å². The minimum atomic E-state index is -0.726. The second kappa shape index (κ2) is 6.63. The largest absolute Gasteiger partial charge is 0.387 e. The van der Waals surface area contributed by atoms with Crippen molar-refractivity contribution in [2.24, 2.45) is 0 Å². The predicted octanol–water partition coefficient (Wildman–Crippen LogP) is 2.62. The van der Waals surface area contributed by atoms with Crippen molar-refractivity contribution in [1.29, 1.82) is 0 Å². The average molecular weight is 335 g/mol. The molecule has 0 saturated heterocycles. The number of aliphatic hydroxyl groups excluding tert-OH is 1. The Morgan fingerprint density at radius 2 is 2.10 bits per heavy atom. The quantitative estimate of drug-likeness (QED) is 0.845. The highest BCUT2D eigenvalue weighted by molar-refractivity contribution is 9.10. The number of carbonyl (C=O) groups excluding carboxylic acids is 1. The van der Waals surface area contributed by atoms with Crippen LogP contribution in [0.3, 0.4) is 0 Å². The molecule has 2 aromatic rings. The summed E-state index contributed by atoms with van der Waals surface area (Å²) in [6.07, 6.45) is 0.874. The molecule has 104 valence electrons. The summed E-state index contributed by atoms with van der Waals surface area (Å²) >= 11 is 3.23. The third-order valence-corrected chi connectivity index (χ3v) is 3.64. The summed E-state index contributed by atoms with van der Waals surface area (Å²) in [5, 5.41) is 12.8. The summed E-state index contributed by atoms with van der Waals surface area (Å²) in [7, 11) is 0. The minimum absolute atomic E-state index is 0.158. The van der Waals surface area contributed by atoms with Crippen LogP contribution in [0.15, 0.2) is 47.2 Å². The fourth-order valence-corrected chi connectivity index (χ4v) is 2.34. The first kappa shape index (κ1) is 14.7. The maximum atomic E-state index is 12.0. The van der Waals surface area contributed by atoms with Gasteiger partial charge < -0.3 is 10.4 Å². The van der Waals surface area contributed by atoms with Crippen LogP contribution in [0.1, 0.15) is 27.6 Å². The first-order chi connectivity index (χ1) is 9.59. The standard InChI is InChI=1S/C15H15BrN2O2/c1-10-5-2-3-6-11(10)13(19)9-18-15(20)12-7-4-8-17-14(12)16/h2-8,13,19H,9H2,1H3,(H,18,20). The van der Waals surface area contributed by atoms with Gasteiger partial charge in [-0.05, 0) is 46.1 Å². The lowest BCUT2D eigenvalue weighted by Crippen LogP contribution is -2.29. The van der Waals surface area contributed by atoms with E-state index >= 15 is 0 Å². The molecule has 0 bridgehead atoms. The first-order valence-electron chi connectivity index (χ1n) is 6.22. The summed E-state index contributed by atoms with van der Waals surface area (Å²) in [6, 6.07) is 10.9. The highest BCUT2D eigenvalue weighted by atomic mass is 79.9. The van der Waals surface area contributed by atoms with Gasteiger partial charge in [-0.15, -0.1) is 0 Å². The van der Waals surface area contributed by atoms with Crippen molar-refractivity contribution in [1.82, 2.24) is 10.3 Å². The molecule has 1 aromatic carbocycles. The van der Waals surface area contributed by atoms with Crippen LogP contribution in [-0.2, 0) is 0 Å². The molecule has 5 heteroatoms. The number of rotatable bonds is 4. The molecule has 1 aromatic heterocycles. The van der Waals surface area contributed by atoms with Crippen molar-refractivity contribution in [2.45, 2.75) is 13.0 Å². The van der Waals surface area contributed by atoms with Gasteiger partial charge in [0.05, 0.1) is 11.7 Å². The SMILES string of the molecule is Cc1ccccc1C(O)CNC(=O)c1cccnc1Br. The van der Waals surface area contributed by atoms with Crippen molar-refractivity contribution < 1.29 is 9.90 Å². The third-order valence-electron chi connectivity index (χ3n) is 3.01. The van der Waals surface area contributed by atoms with Gasteiger partial charge in [0.25, 0.3) is 5.91 Å².